The highest BCUT2D eigenvalue weighted by Crippen LogP contribution is 2.29. The first-order valence-electron chi connectivity index (χ1n) is 9.26. The number of hydrogen-bond donors (Lipinski definition) is 3. The molecule has 0 aliphatic rings. The largest absolute Gasteiger partial charge is 0.573 e. The van der Waals surface area contributed by atoms with E-state index >= 15 is 0 Å². The van der Waals surface area contributed by atoms with Gasteiger partial charge in [-0.1, -0.05) is 28.1 Å². The second kappa shape index (κ2) is 8.54. The number of aromatic nitrogens is 4. The van der Waals surface area contributed by atoms with E-state index in [1.165, 1.54) is 29.0 Å². The van der Waals surface area contributed by atoms with Crippen molar-refractivity contribution in [1.82, 2.24) is 19.5 Å². The van der Waals surface area contributed by atoms with Gasteiger partial charge in [-0.15, -0.1) is 13.2 Å². The molecule has 4 aromatic rings. The lowest BCUT2D eigenvalue weighted by Crippen LogP contribution is -2.21. The van der Waals surface area contributed by atoms with Crippen molar-refractivity contribution in [3.8, 4) is 5.75 Å². The number of fused-ring (bicyclic) bond motifs is 1. The monoisotopic (exact) mass is 508 g/mol. The molecule has 0 unspecified atom stereocenters. The molecule has 0 radical (unpaired) electrons. The van der Waals surface area contributed by atoms with Crippen LogP contribution in [0.1, 0.15) is 11.1 Å². The quantitative estimate of drug-likeness (QED) is 0.339. The third-order valence-electron chi connectivity index (χ3n) is 4.52. The van der Waals surface area contributed by atoms with Gasteiger partial charge in [0.2, 0.25) is 5.95 Å². The molecule has 0 saturated carbocycles. The Morgan fingerprint density at radius 1 is 1.19 bits per heavy atom. The molecule has 166 valence electrons. The van der Waals surface area contributed by atoms with Crippen LogP contribution in [0.2, 0.25) is 0 Å². The third kappa shape index (κ3) is 5.02. The van der Waals surface area contributed by atoms with E-state index in [4.69, 9.17) is 5.73 Å². The zero-order valence-corrected chi connectivity index (χ0v) is 17.9. The Hall–Kier alpha value is -3.54. The molecule has 12 heteroatoms. The summed E-state index contributed by atoms with van der Waals surface area (Å²) in [6, 6.07) is 11.3. The Morgan fingerprint density at radius 3 is 2.66 bits per heavy atom. The predicted molar refractivity (Wildman–Crippen MR) is 116 cm³/mol. The SMILES string of the molecule is Nc1ccc(CNc2ncc3[nH]c(=O)n(Cc4cc(Br)ccc4OC(F)(F)F)c3n2)cc1. The van der Waals surface area contributed by atoms with E-state index in [1.807, 2.05) is 12.1 Å². The Kier molecular flexibility index (Phi) is 5.78. The number of nitrogens with one attached hydrogen (secondary N) is 2. The van der Waals surface area contributed by atoms with E-state index < -0.39 is 17.8 Å². The van der Waals surface area contributed by atoms with Gasteiger partial charge in [0.05, 0.1) is 12.7 Å². The first-order chi connectivity index (χ1) is 15.2. The molecule has 8 nitrogen and oxygen atoms in total. The topological polar surface area (TPSA) is 111 Å². The van der Waals surface area contributed by atoms with E-state index in [0.29, 0.717) is 22.2 Å². The fourth-order valence-electron chi connectivity index (χ4n) is 3.06. The van der Waals surface area contributed by atoms with Crippen LogP contribution in [0, 0.1) is 0 Å². The number of rotatable bonds is 6. The smallest absolute Gasteiger partial charge is 0.405 e. The lowest BCUT2D eigenvalue weighted by Gasteiger charge is -2.14. The van der Waals surface area contributed by atoms with Gasteiger partial charge < -0.3 is 20.8 Å². The number of nitrogens with zero attached hydrogens (tertiary/aromatic N) is 3. The Labute approximate surface area is 187 Å². The predicted octanol–water partition coefficient (Wildman–Crippen LogP) is 4.02. The molecule has 0 fully saturated rings. The molecule has 0 aliphatic carbocycles. The van der Waals surface area contributed by atoms with Crippen LogP contribution in [0.5, 0.6) is 5.75 Å². The average molecular weight is 509 g/mol. The molecule has 4 N–H and O–H groups in total. The molecule has 0 saturated heterocycles. The van der Waals surface area contributed by atoms with Gasteiger partial charge in [-0.05, 0) is 35.9 Å². The fourth-order valence-corrected chi connectivity index (χ4v) is 3.47. The number of H-pyrrole nitrogens is 1. The van der Waals surface area contributed by atoms with Crippen molar-refractivity contribution < 1.29 is 17.9 Å². The first kappa shape index (κ1) is 21.7. The molecule has 32 heavy (non-hydrogen) atoms. The summed E-state index contributed by atoms with van der Waals surface area (Å²) < 4.78 is 44.2. The van der Waals surface area contributed by atoms with Crippen molar-refractivity contribution in [3.05, 3.63) is 74.7 Å². The second-order valence-electron chi connectivity index (χ2n) is 6.84. The van der Waals surface area contributed by atoms with Gasteiger partial charge in [-0.25, -0.2) is 9.78 Å². The molecule has 0 amide bonds. The van der Waals surface area contributed by atoms with Gasteiger partial charge in [-0.2, -0.15) is 4.98 Å². The number of hydrogen-bond acceptors (Lipinski definition) is 6. The Bertz CT molecular complexity index is 1320. The number of benzene rings is 2. The minimum absolute atomic E-state index is 0.148. The molecule has 0 atom stereocenters. The summed E-state index contributed by atoms with van der Waals surface area (Å²) in [5, 5.41) is 3.05. The van der Waals surface area contributed by atoms with Gasteiger partial charge in [0.15, 0.2) is 5.65 Å². The van der Waals surface area contributed by atoms with Gasteiger partial charge in [0.1, 0.15) is 11.3 Å². The molecule has 0 spiro atoms. The lowest BCUT2D eigenvalue weighted by atomic mass is 10.2. The first-order valence-corrected chi connectivity index (χ1v) is 10.1. The highest BCUT2D eigenvalue weighted by molar-refractivity contribution is 9.10. The normalized spacial score (nSPS) is 11.6. The number of anilines is 2. The molecule has 2 aromatic carbocycles. The third-order valence-corrected chi connectivity index (χ3v) is 5.01. The van der Waals surface area contributed by atoms with Crippen molar-refractivity contribution in [2.24, 2.45) is 0 Å². The number of imidazole rings is 1. The van der Waals surface area contributed by atoms with Crippen LogP contribution in [0.4, 0.5) is 24.8 Å². The lowest BCUT2D eigenvalue weighted by molar-refractivity contribution is -0.274. The number of halogens is 4. The van der Waals surface area contributed by atoms with Gasteiger partial charge >= 0.3 is 12.1 Å². The Balaban J connectivity index is 1.64. The maximum absolute atomic E-state index is 12.8. The van der Waals surface area contributed by atoms with E-state index in [9.17, 15) is 18.0 Å². The summed E-state index contributed by atoms with van der Waals surface area (Å²) in [6.07, 6.45) is -3.44. The maximum Gasteiger partial charge on any atom is 0.573 e. The highest BCUT2D eigenvalue weighted by Gasteiger charge is 2.32. The Morgan fingerprint density at radius 2 is 1.94 bits per heavy atom. The number of aromatic amines is 1. The molecule has 2 heterocycles. The average Bonchev–Trinajstić information content (AvgIpc) is 3.03. The number of alkyl halides is 3. The zero-order valence-electron chi connectivity index (χ0n) is 16.3. The van der Waals surface area contributed by atoms with Crippen molar-refractivity contribution >= 4 is 38.7 Å². The van der Waals surface area contributed by atoms with E-state index in [1.54, 1.807) is 12.1 Å². The van der Waals surface area contributed by atoms with Crippen LogP contribution >= 0.6 is 15.9 Å². The fraction of sp³-hybridized carbons (Fsp3) is 0.150. The van der Waals surface area contributed by atoms with Crippen molar-refractivity contribution in [1.29, 1.82) is 0 Å². The van der Waals surface area contributed by atoms with Crippen LogP contribution < -0.4 is 21.5 Å². The zero-order chi connectivity index (χ0) is 22.9. The van der Waals surface area contributed by atoms with Gasteiger partial charge in [0.25, 0.3) is 0 Å². The van der Waals surface area contributed by atoms with Crippen LogP contribution in [-0.2, 0) is 13.1 Å². The van der Waals surface area contributed by atoms with Crippen LogP contribution in [-0.4, -0.2) is 25.9 Å². The maximum atomic E-state index is 12.8. The van der Waals surface area contributed by atoms with E-state index in [2.05, 4.69) is 40.9 Å². The molecule has 0 aliphatic heterocycles. The number of nitrogens with two attached hydrogens (primary N) is 1. The van der Waals surface area contributed by atoms with E-state index in [0.717, 1.165) is 5.56 Å². The second-order valence-corrected chi connectivity index (χ2v) is 7.76. The van der Waals surface area contributed by atoms with Crippen molar-refractivity contribution in [2.75, 3.05) is 11.1 Å². The van der Waals surface area contributed by atoms with Crippen molar-refractivity contribution in [2.45, 2.75) is 19.5 Å². The standard InChI is InChI=1S/C20H16BrF3N6O2/c21-13-3-6-16(32-20(22,23)24)12(7-13)10-30-17-15(28-19(30)31)9-27-18(29-17)26-8-11-1-4-14(25)5-2-11/h1-7,9H,8,10,25H2,(H,28,31)(H,26,27,29). The molecule has 4 rings (SSSR count). The summed E-state index contributed by atoms with van der Waals surface area (Å²) in [5.74, 6) is -0.152. The van der Waals surface area contributed by atoms with Crippen LogP contribution in [0.3, 0.4) is 0 Å². The number of nitrogen functional groups attached to an aromatic ring is 1. The summed E-state index contributed by atoms with van der Waals surface area (Å²) in [5.41, 5.74) is 7.46. The summed E-state index contributed by atoms with van der Waals surface area (Å²) in [6.45, 7) is 0.216. The minimum atomic E-state index is -4.87. The summed E-state index contributed by atoms with van der Waals surface area (Å²) >= 11 is 3.23. The number of ether oxygens (including phenoxy) is 1. The molecular weight excluding hydrogens is 493 g/mol. The molecule has 0 bridgehead atoms. The molecule has 2 aromatic heterocycles. The van der Waals surface area contributed by atoms with Gasteiger partial charge in [0, 0.05) is 22.3 Å². The minimum Gasteiger partial charge on any atom is -0.405 e. The van der Waals surface area contributed by atoms with Crippen molar-refractivity contribution in [3.63, 3.8) is 0 Å². The molecular formula is C20H16BrF3N6O2. The van der Waals surface area contributed by atoms with Crippen LogP contribution in [0.15, 0.2) is 57.9 Å². The van der Waals surface area contributed by atoms with Crippen LogP contribution in [0.25, 0.3) is 11.2 Å². The van der Waals surface area contributed by atoms with E-state index in [-0.39, 0.29) is 23.7 Å². The van der Waals surface area contributed by atoms with Gasteiger partial charge in [-0.3, -0.25) is 4.57 Å². The summed E-state index contributed by atoms with van der Waals surface area (Å²) in [7, 11) is 0. The summed E-state index contributed by atoms with van der Waals surface area (Å²) in [4.78, 5) is 23.6. The highest BCUT2D eigenvalue weighted by atomic mass is 79.9.